The van der Waals surface area contributed by atoms with Crippen molar-refractivity contribution in [3.63, 3.8) is 0 Å². The molecule has 4 rings (SSSR count). The lowest BCUT2D eigenvalue weighted by molar-refractivity contribution is -0.330. The van der Waals surface area contributed by atoms with Crippen LogP contribution in [0.2, 0.25) is 0 Å². The van der Waals surface area contributed by atoms with Crippen LogP contribution in [0.15, 0.2) is 0 Å². The van der Waals surface area contributed by atoms with Gasteiger partial charge in [-0.15, -0.1) is 11.8 Å². The first-order valence-electron chi connectivity index (χ1n) is 28.3. The molecule has 16 unspecified atom stereocenters. The summed E-state index contributed by atoms with van der Waals surface area (Å²) in [6.45, 7) is 3.53. The molecule has 0 aromatic rings. The van der Waals surface area contributed by atoms with Crippen molar-refractivity contribution >= 4 is 59.1 Å². The van der Waals surface area contributed by atoms with Crippen LogP contribution in [0, 0.1) is 11.8 Å². The lowest BCUT2D eigenvalue weighted by Gasteiger charge is -2.47. The maximum Gasteiger partial charge on any atom is 0.373 e. The minimum Gasteiger partial charge on any atom is -0.396 e. The van der Waals surface area contributed by atoms with Crippen LogP contribution in [-0.2, 0) is 57.2 Å². The zero-order valence-corrected chi connectivity index (χ0v) is 48.3. The number of carbonyl (C=O) groups is 5. The fourth-order valence-corrected chi connectivity index (χ4v) is 11.7. The van der Waals surface area contributed by atoms with E-state index in [0.717, 1.165) is 19.3 Å². The SMILES string of the molecule is CNC(CCCCNC(=O)CSCCCC(=O)NCC1OCCC(OC2CC(CO)C(O)C(OCCC3CCCCC3)C2O)C1OC1OC(C)C(O)C(O)C1O)C(=O)NC(CCCCNC(=O)CSCC(O)CO)C(C)=O.O=C=O. The van der Waals surface area contributed by atoms with Gasteiger partial charge in [0.2, 0.25) is 23.6 Å². The van der Waals surface area contributed by atoms with E-state index in [1.165, 1.54) is 56.6 Å². The van der Waals surface area contributed by atoms with Gasteiger partial charge in [0.25, 0.3) is 0 Å². The van der Waals surface area contributed by atoms with Crippen molar-refractivity contribution in [2.24, 2.45) is 11.8 Å². The van der Waals surface area contributed by atoms with E-state index in [1.807, 2.05) is 0 Å². The molecule has 4 fully saturated rings. The van der Waals surface area contributed by atoms with Crippen LogP contribution in [-0.4, -0.2) is 244 Å². The second-order valence-corrected chi connectivity index (χ2v) is 23.2. The average Bonchev–Trinajstić information content (AvgIpc) is 3.45. The molecule has 2 aliphatic carbocycles. The summed E-state index contributed by atoms with van der Waals surface area (Å²) in [6.07, 6.45) is -3.53. The molecule has 27 heteroatoms. The van der Waals surface area contributed by atoms with E-state index in [4.69, 9.17) is 38.4 Å². The Morgan fingerprint density at radius 2 is 1.39 bits per heavy atom. The minimum absolute atomic E-state index is 0.0363. The molecule has 0 aromatic heterocycles. The maximum atomic E-state index is 13.1. The molecule has 0 spiro atoms. The second kappa shape index (κ2) is 40.4. The normalized spacial score (nSPS) is 29.2. The summed E-state index contributed by atoms with van der Waals surface area (Å²) in [5, 5.41) is 97.5. The van der Waals surface area contributed by atoms with Gasteiger partial charge in [0.05, 0.1) is 60.7 Å². The second-order valence-electron chi connectivity index (χ2n) is 21.1. The number of hydrogen-bond donors (Lipinski definition) is 13. The van der Waals surface area contributed by atoms with Crippen LogP contribution >= 0.6 is 23.5 Å². The van der Waals surface area contributed by atoms with Gasteiger partial charge in [-0.2, -0.15) is 21.4 Å². The molecule has 2 heterocycles. The van der Waals surface area contributed by atoms with Crippen LogP contribution in [0.1, 0.15) is 117 Å². The molecule has 25 nitrogen and oxygen atoms in total. The molecule has 0 radical (unpaired) electrons. The zero-order chi connectivity index (χ0) is 59.0. The van der Waals surface area contributed by atoms with E-state index in [2.05, 4.69) is 26.6 Å². The Kier molecular flexibility index (Phi) is 36.0. The number of carbonyl (C=O) groups excluding carboxylic acids is 7. The van der Waals surface area contributed by atoms with E-state index in [9.17, 15) is 59.7 Å². The van der Waals surface area contributed by atoms with Gasteiger partial charge in [-0.3, -0.25) is 24.0 Å². The number of rotatable bonds is 36. The van der Waals surface area contributed by atoms with Crippen LogP contribution in [0.4, 0.5) is 0 Å². The zero-order valence-electron chi connectivity index (χ0n) is 46.7. The first-order chi connectivity index (χ1) is 38.4. The van der Waals surface area contributed by atoms with Crippen molar-refractivity contribution in [1.82, 2.24) is 26.6 Å². The Bertz CT molecular complexity index is 1820. The minimum atomic E-state index is -1.64. The van der Waals surface area contributed by atoms with Gasteiger partial charge in [-0.25, -0.2) is 0 Å². The molecule has 80 heavy (non-hydrogen) atoms. The number of aliphatic hydroxyl groups excluding tert-OH is 8. The van der Waals surface area contributed by atoms with Crippen LogP contribution < -0.4 is 26.6 Å². The molecular weight excluding hydrogens is 1090 g/mol. The number of ketones is 1. The first kappa shape index (κ1) is 71.3. The number of unbranched alkanes of at least 4 members (excludes halogenated alkanes) is 2. The molecule has 0 aromatic carbocycles. The predicted octanol–water partition coefficient (Wildman–Crippen LogP) is -1.80. The standard InChI is InChI=1S/C52H93N5O18S2.CO2/c1-31(60)36(14-7-9-19-55-43(64)30-77-28-35(61)27-59)57-51(70)37(53-3)15-8-10-20-54-42(63)29-76-23-11-16-41(62)56-25-40-49(75-52-48(69)47(68)44(65)32(2)73-52)38(18-22-71-40)74-39-24-34(26-58)45(66)50(46(39)67)72-21-17-33-12-5-4-6-13-33;2-1-3/h32-40,44-50,52-53,58-59,61,65-69H,4-30H2,1-3H3,(H,54,63)(H,55,64)(H,56,62)(H,57,70);. The van der Waals surface area contributed by atoms with Gasteiger partial charge in [0, 0.05) is 57.5 Å². The van der Waals surface area contributed by atoms with Crippen LogP contribution in [0.25, 0.3) is 0 Å². The molecule has 462 valence electrons. The third kappa shape index (κ3) is 25.9. The lowest BCUT2D eigenvalue weighted by Crippen LogP contribution is -2.62. The smallest absolute Gasteiger partial charge is 0.373 e. The van der Waals surface area contributed by atoms with Crippen molar-refractivity contribution in [2.45, 2.75) is 208 Å². The predicted molar refractivity (Wildman–Crippen MR) is 293 cm³/mol. The van der Waals surface area contributed by atoms with Gasteiger partial charge in [-0.1, -0.05) is 32.1 Å². The molecule has 4 aliphatic rings. The average molecular weight is 1180 g/mol. The van der Waals surface area contributed by atoms with Gasteiger partial charge < -0.3 is 91.1 Å². The summed E-state index contributed by atoms with van der Waals surface area (Å²) in [5.74, 6) is -0.0879. The van der Waals surface area contributed by atoms with Crippen LogP contribution in [0.5, 0.6) is 0 Å². The number of amides is 4. The monoisotopic (exact) mass is 1180 g/mol. The van der Waals surface area contributed by atoms with Gasteiger partial charge >= 0.3 is 6.15 Å². The van der Waals surface area contributed by atoms with Gasteiger partial charge in [0.15, 0.2) is 12.1 Å². The summed E-state index contributed by atoms with van der Waals surface area (Å²) in [7, 11) is 1.67. The largest absolute Gasteiger partial charge is 0.396 e. The number of Topliss-reactive ketones (excluding diaryl/α,β-unsaturated/α-hetero) is 1. The molecule has 2 saturated heterocycles. The molecular formula is C53H93N5O20S2. The highest BCUT2D eigenvalue weighted by Gasteiger charge is 2.50. The Morgan fingerprint density at radius 3 is 2.01 bits per heavy atom. The molecule has 2 aliphatic heterocycles. The van der Waals surface area contributed by atoms with E-state index >= 15 is 0 Å². The van der Waals surface area contributed by atoms with Crippen molar-refractivity contribution < 1.29 is 98.1 Å². The van der Waals surface area contributed by atoms with E-state index in [1.54, 1.807) is 7.05 Å². The first-order valence-corrected chi connectivity index (χ1v) is 30.6. The number of aliphatic hydroxyl groups is 8. The van der Waals surface area contributed by atoms with Crippen molar-refractivity contribution in [3.8, 4) is 0 Å². The maximum absolute atomic E-state index is 13.1. The number of thioether (sulfide) groups is 2. The quantitative estimate of drug-likeness (QED) is 0.0308. The molecule has 0 bridgehead atoms. The van der Waals surface area contributed by atoms with Gasteiger partial charge in [-0.05, 0) is 96.8 Å². The van der Waals surface area contributed by atoms with E-state index < -0.39 is 97.5 Å². The fraction of sp³-hybridized carbons (Fsp3) is 0.887. The lowest BCUT2D eigenvalue weighted by atomic mass is 9.80. The summed E-state index contributed by atoms with van der Waals surface area (Å²) >= 11 is 2.61. The van der Waals surface area contributed by atoms with Crippen LogP contribution in [0.3, 0.4) is 0 Å². The highest BCUT2D eigenvalue weighted by atomic mass is 32.2. The highest BCUT2D eigenvalue weighted by molar-refractivity contribution is 8.00. The molecule has 4 amide bonds. The van der Waals surface area contributed by atoms with E-state index in [0.29, 0.717) is 76.3 Å². The number of likely N-dealkylation sites (N-methyl/N-ethyl adjacent to an activating group) is 1. The topological polar surface area (TPSA) is 388 Å². The van der Waals surface area contributed by atoms with E-state index in [-0.39, 0.29) is 98.4 Å². The summed E-state index contributed by atoms with van der Waals surface area (Å²) < 4.78 is 30.9. The summed E-state index contributed by atoms with van der Waals surface area (Å²) in [5.41, 5.74) is 0. The number of ether oxygens (including phenoxy) is 5. The van der Waals surface area contributed by atoms with Crippen molar-refractivity contribution in [3.05, 3.63) is 0 Å². The number of hydrogen-bond acceptors (Lipinski definition) is 23. The molecule has 13 N–H and O–H groups in total. The van der Waals surface area contributed by atoms with Crippen molar-refractivity contribution in [1.29, 1.82) is 0 Å². The third-order valence-corrected chi connectivity index (χ3v) is 17.1. The highest BCUT2D eigenvalue weighted by Crippen LogP contribution is 2.35. The molecule has 2 saturated carbocycles. The number of nitrogens with one attached hydrogen (secondary N) is 5. The Hall–Kier alpha value is -2.93. The van der Waals surface area contributed by atoms with Crippen molar-refractivity contribution in [2.75, 3.05) is 76.1 Å². The Morgan fingerprint density at radius 1 is 0.738 bits per heavy atom. The molecule has 16 atom stereocenters. The third-order valence-electron chi connectivity index (χ3n) is 14.9. The Labute approximate surface area is 478 Å². The fourth-order valence-electron chi connectivity index (χ4n) is 10.2. The summed E-state index contributed by atoms with van der Waals surface area (Å²) in [6, 6.07) is -1.20. The Balaban J connectivity index is 0.00000547. The van der Waals surface area contributed by atoms with Gasteiger partial charge in [0.1, 0.15) is 42.7 Å². The summed E-state index contributed by atoms with van der Waals surface area (Å²) in [4.78, 5) is 79.3.